The second-order valence-corrected chi connectivity index (χ2v) is 4.86. The molecule has 0 aliphatic heterocycles. The topological polar surface area (TPSA) is 12.0 Å². The molecule has 0 aliphatic rings. The van der Waals surface area contributed by atoms with E-state index in [0.29, 0.717) is 16.6 Å². The molecule has 0 fully saturated rings. The summed E-state index contributed by atoms with van der Waals surface area (Å²) in [5.74, 6) is -0.354. The van der Waals surface area contributed by atoms with E-state index in [0.717, 1.165) is 16.7 Å². The quantitative estimate of drug-likeness (QED) is 0.873. The van der Waals surface area contributed by atoms with Crippen LogP contribution in [0.4, 0.5) is 4.39 Å². The van der Waals surface area contributed by atoms with Crippen LogP contribution in [0.15, 0.2) is 36.4 Å². The van der Waals surface area contributed by atoms with E-state index in [9.17, 15) is 4.39 Å². The van der Waals surface area contributed by atoms with Crippen molar-refractivity contribution >= 4 is 23.2 Å². The van der Waals surface area contributed by atoms with Crippen LogP contribution in [0.2, 0.25) is 10.0 Å². The molecule has 0 heterocycles. The van der Waals surface area contributed by atoms with Crippen LogP contribution in [0.1, 0.15) is 5.56 Å². The molecule has 0 amide bonds. The lowest BCUT2D eigenvalue weighted by molar-refractivity contribution is 0.628. The van der Waals surface area contributed by atoms with E-state index < -0.39 is 0 Å². The van der Waals surface area contributed by atoms with Crippen molar-refractivity contribution < 1.29 is 4.39 Å². The molecule has 18 heavy (non-hydrogen) atoms. The third-order valence-corrected chi connectivity index (χ3v) is 3.07. The third kappa shape index (κ3) is 3.02. The van der Waals surface area contributed by atoms with E-state index in [2.05, 4.69) is 5.32 Å². The van der Waals surface area contributed by atoms with E-state index >= 15 is 0 Å². The van der Waals surface area contributed by atoms with Crippen molar-refractivity contribution in [3.8, 4) is 11.1 Å². The molecule has 0 bridgehead atoms. The Kier molecular flexibility index (Phi) is 4.23. The Morgan fingerprint density at radius 3 is 2.50 bits per heavy atom. The minimum Gasteiger partial charge on any atom is -0.316 e. The fourth-order valence-electron chi connectivity index (χ4n) is 1.87. The van der Waals surface area contributed by atoms with Crippen LogP contribution < -0.4 is 5.32 Å². The summed E-state index contributed by atoms with van der Waals surface area (Å²) >= 11 is 11.9. The van der Waals surface area contributed by atoms with Crippen LogP contribution in [0.5, 0.6) is 0 Å². The van der Waals surface area contributed by atoms with Gasteiger partial charge in [0, 0.05) is 16.6 Å². The second-order valence-electron chi connectivity index (χ2n) is 3.99. The largest absolute Gasteiger partial charge is 0.316 e. The third-order valence-electron chi connectivity index (χ3n) is 2.61. The van der Waals surface area contributed by atoms with E-state index in [1.54, 1.807) is 6.07 Å². The highest BCUT2D eigenvalue weighted by Gasteiger charge is 2.08. The zero-order valence-electron chi connectivity index (χ0n) is 9.81. The number of rotatable bonds is 3. The predicted molar refractivity (Wildman–Crippen MR) is 74.6 cm³/mol. The van der Waals surface area contributed by atoms with E-state index in [1.807, 2.05) is 25.2 Å². The van der Waals surface area contributed by atoms with Crippen molar-refractivity contribution in [1.29, 1.82) is 0 Å². The van der Waals surface area contributed by atoms with Crippen LogP contribution in [-0.2, 0) is 6.54 Å². The molecular weight excluding hydrogens is 272 g/mol. The van der Waals surface area contributed by atoms with Crippen molar-refractivity contribution in [3.63, 3.8) is 0 Å². The SMILES string of the molecule is CNCc1ccc(Cl)cc1-c1cc(F)cc(Cl)c1. The van der Waals surface area contributed by atoms with E-state index in [1.165, 1.54) is 12.1 Å². The first-order chi connectivity index (χ1) is 8.60. The minimum absolute atomic E-state index is 0.354. The highest BCUT2D eigenvalue weighted by atomic mass is 35.5. The molecule has 1 nitrogen and oxygen atoms in total. The first-order valence-corrected chi connectivity index (χ1v) is 6.25. The van der Waals surface area contributed by atoms with Crippen molar-refractivity contribution in [2.45, 2.75) is 6.54 Å². The normalized spacial score (nSPS) is 10.7. The summed E-state index contributed by atoms with van der Waals surface area (Å²) in [6.45, 7) is 0.681. The minimum atomic E-state index is -0.354. The molecule has 4 heteroatoms. The maximum absolute atomic E-state index is 13.4. The second kappa shape index (κ2) is 5.70. The van der Waals surface area contributed by atoms with Crippen LogP contribution in [-0.4, -0.2) is 7.05 Å². The zero-order valence-corrected chi connectivity index (χ0v) is 11.3. The maximum atomic E-state index is 13.4. The van der Waals surface area contributed by atoms with Gasteiger partial charge < -0.3 is 5.32 Å². The average Bonchev–Trinajstić information content (AvgIpc) is 2.30. The Balaban J connectivity index is 2.57. The lowest BCUT2D eigenvalue weighted by Gasteiger charge is -2.10. The summed E-state index contributed by atoms with van der Waals surface area (Å²) in [6, 6.07) is 10.0. The van der Waals surface area contributed by atoms with Crippen LogP contribution >= 0.6 is 23.2 Å². The first-order valence-electron chi connectivity index (χ1n) is 5.49. The Labute approximate surface area is 116 Å². The molecule has 2 aromatic rings. The number of hydrogen-bond acceptors (Lipinski definition) is 1. The van der Waals surface area contributed by atoms with Crippen LogP contribution in [0.3, 0.4) is 0 Å². The van der Waals surface area contributed by atoms with Gasteiger partial charge in [0.25, 0.3) is 0 Å². The molecule has 0 atom stereocenters. The molecule has 0 unspecified atom stereocenters. The standard InChI is InChI=1S/C14H12Cl2FN/c1-18-8-9-2-3-11(15)7-14(9)10-4-12(16)6-13(17)5-10/h2-7,18H,8H2,1H3. The summed E-state index contributed by atoms with van der Waals surface area (Å²) in [5, 5.41) is 4.06. The molecule has 1 N–H and O–H groups in total. The molecule has 0 aliphatic carbocycles. The van der Waals surface area contributed by atoms with Crippen LogP contribution in [0, 0.1) is 5.82 Å². The Morgan fingerprint density at radius 1 is 1.06 bits per heavy atom. The Hall–Kier alpha value is -1.09. The fourth-order valence-corrected chi connectivity index (χ4v) is 2.27. The summed E-state index contributed by atoms with van der Waals surface area (Å²) < 4.78 is 13.4. The monoisotopic (exact) mass is 283 g/mol. The Morgan fingerprint density at radius 2 is 1.83 bits per heavy atom. The highest BCUT2D eigenvalue weighted by Crippen LogP contribution is 2.29. The molecule has 0 aromatic heterocycles. The number of hydrogen-bond donors (Lipinski definition) is 1. The van der Waals surface area contributed by atoms with Crippen molar-refractivity contribution in [2.24, 2.45) is 0 Å². The zero-order chi connectivity index (χ0) is 13.1. The molecular formula is C14H12Cl2FN. The van der Waals surface area contributed by atoms with Crippen molar-refractivity contribution in [2.75, 3.05) is 7.05 Å². The number of nitrogens with one attached hydrogen (secondary N) is 1. The van der Waals surface area contributed by atoms with Gasteiger partial charge in [-0.15, -0.1) is 0 Å². The summed E-state index contributed by atoms with van der Waals surface area (Å²) in [6.07, 6.45) is 0. The first kappa shape index (κ1) is 13.3. The Bertz CT molecular complexity index is 549. The van der Waals surface area contributed by atoms with Gasteiger partial charge in [-0.1, -0.05) is 29.3 Å². The molecule has 0 saturated heterocycles. The fraction of sp³-hybridized carbons (Fsp3) is 0.143. The average molecular weight is 284 g/mol. The van der Waals surface area contributed by atoms with Crippen LogP contribution in [0.25, 0.3) is 11.1 Å². The summed E-state index contributed by atoms with van der Waals surface area (Å²) in [5.41, 5.74) is 2.66. The molecule has 0 spiro atoms. The molecule has 0 saturated carbocycles. The van der Waals surface area contributed by atoms with Gasteiger partial charge in [-0.3, -0.25) is 0 Å². The molecule has 2 rings (SSSR count). The number of halogens is 3. The molecule has 94 valence electrons. The number of benzene rings is 2. The van der Waals surface area contributed by atoms with Gasteiger partial charge in [-0.2, -0.15) is 0 Å². The highest BCUT2D eigenvalue weighted by molar-refractivity contribution is 6.31. The molecule has 0 radical (unpaired) electrons. The van der Waals surface area contributed by atoms with Gasteiger partial charge >= 0.3 is 0 Å². The van der Waals surface area contributed by atoms with Gasteiger partial charge in [0.2, 0.25) is 0 Å². The smallest absolute Gasteiger partial charge is 0.125 e. The summed E-state index contributed by atoms with van der Waals surface area (Å²) in [7, 11) is 1.86. The van der Waals surface area contributed by atoms with Gasteiger partial charge in [0.15, 0.2) is 0 Å². The van der Waals surface area contributed by atoms with Gasteiger partial charge in [-0.25, -0.2) is 4.39 Å². The van der Waals surface area contributed by atoms with E-state index in [-0.39, 0.29) is 5.82 Å². The predicted octanol–water partition coefficient (Wildman–Crippen LogP) is 4.52. The van der Waals surface area contributed by atoms with E-state index in [4.69, 9.17) is 23.2 Å². The molecule has 2 aromatic carbocycles. The van der Waals surface area contributed by atoms with Crippen molar-refractivity contribution in [1.82, 2.24) is 5.32 Å². The lowest BCUT2D eigenvalue weighted by atomic mass is 9.99. The van der Waals surface area contributed by atoms with Gasteiger partial charge in [0.05, 0.1) is 0 Å². The summed E-state index contributed by atoms with van der Waals surface area (Å²) in [4.78, 5) is 0. The maximum Gasteiger partial charge on any atom is 0.125 e. The van der Waals surface area contributed by atoms with Gasteiger partial charge in [0.1, 0.15) is 5.82 Å². The van der Waals surface area contributed by atoms with Crippen molar-refractivity contribution in [3.05, 3.63) is 57.8 Å². The lowest BCUT2D eigenvalue weighted by Crippen LogP contribution is -2.06. The van der Waals surface area contributed by atoms with Gasteiger partial charge in [-0.05, 0) is 54.1 Å².